The zero-order valence-electron chi connectivity index (χ0n) is 14.8. The average molecular weight is 411 g/mol. The molecule has 4 heteroatoms. The van der Waals surface area contributed by atoms with E-state index in [0.717, 1.165) is 41.3 Å². The highest BCUT2D eigenvalue weighted by Gasteiger charge is 2.20. The Hall–Kier alpha value is -1.91. The summed E-state index contributed by atoms with van der Waals surface area (Å²) in [4.78, 5) is 7.16. The molecule has 0 amide bonds. The minimum Gasteiger partial charge on any atom is -0.444 e. The fourth-order valence-electron chi connectivity index (χ4n) is 3.63. The van der Waals surface area contributed by atoms with Crippen LogP contribution in [-0.2, 0) is 13.0 Å². The fraction of sp³-hybridized carbons (Fsp3) is 0.318. The highest BCUT2D eigenvalue weighted by molar-refractivity contribution is 9.10. The maximum Gasteiger partial charge on any atom is 0.226 e. The van der Waals surface area contributed by atoms with Gasteiger partial charge >= 0.3 is 0 Å². The molecule has 2 aromatic carbocycles. The van der Waals surface area contributed by atoms with E-state index in [0.29, 0.717) is 5.89 Å². The molecule has 26 heavy (non-hydrogen) atoms. The van der Waals surface area contributed by atoms with Crippen molar-refractivity contribution in [3.05, 3.63) is 76.6 Å². The molecule has 134 valence electrons. The maximum absolute atomic E-state index is 5.68. The average Bonchev–Trinajstić information content (AvgIpc) is 3.13. The summed E-state index contributed by atoms with van der Waals surface area (Å²) in [5.74, 6) is 1.50. The van der Waals surface area contributed by atoms with E-state index in [-0.39, 0.29) is 0 Å². The van der Waals surface area contributed by atoms with Gasteiger partial charge in [0, 0.05) is 16.6 Å². The van der Waals surface area contributed by atoms with Crippen LogP contribution in [0.3, 0.4) is 0 Å². The third-order valence-electron chi connectivity index (χ3n) is 5.10. The first-order valence-corrected chi connectivity index (χ1v) is 10.0. The smallest absolute Gasteiger partial charge is 0.226 e. The lowest BCUT2D eigenvalue weighted by Crippen LogP contribution is -2.33. The van der Waals surface area contributed by atoms with Crippen LogP contribution in [0.4, 0.5) is 0 Å². The zero-order valence-corrected chi connectivity index (χ0v) is 16.4. The molecule has 3 nitrogen and oxygen atoms in total. The van der Waals surface area contributed by atoms with Gasteiger partial charge in [0.05, 0.1) is 5.69 Å². The number of rotatable bonds is 5. The van der Waals surface area contributed by atoms with Crippen molar-refractivity contribution >= 4 is 15.9 Å². The van der Waals surface area contributed by atoms with Gasteiger partial charge in [0.15, 0.2) is 0 Å². The number of benzene rings is 2. The largest absolute Gasteiger partial charge is 0.444 e. The number of aromatic nitrogens is 1. The molecular formula is C22H23BrN2O. The van der Waals surface area contributed by atoms with Crippen molar-refractivity contribution in [1.29, 1.82) is 0 Å². The van der Waals surface area contributed by atoms with Crippen LogP contribution in [0.25, 0.3) is 11.5 Å². The predicted molar refractivity (Wildman–Crippen MR) is 108 cm³/mol. The number of likely N-dealkylation sites (tertiary alicyclic amines) is 1. The van der Waals surface area contributed by atoms with Gasteiger partial charge in [0.25, 0.3) is 0 Å². The van der Waals surface area contributed by atoms with Gasteiger partial charge in [-0.3, -0.25) is 4.90 Å². The van der Waals surface area contributed by atoms with Crippen molar-refractivity contribution in [2.45, 2.75) is 25.8 Å². The van der Waals surface area contributed by atoms with Crippen LogP contribution in [0.15, 0.2) is 69.8 Å². The van der Waals surface area contributed by atoms with Gasteiger partial charge < -0.3 is 4.42 Å². The van der Waals surface area contributed by atoms with E-state index < -0.39 is 0 Å². The Labute approximate surface area is 163 Å². The van der Waals surface area contributed by atoms with Crippen LogP contribution in [0.2, 0.25) is 0 Å². The standard InChI is InChI=1S/C22H23BrN2O/c23-20-8-6-19(7-9-20)22-24-21(16-26-22)15-25-12-10-18(11-13-25)14-17-4-2-1-3-5-17/h1-9,16,18H,10-15H2. The molecule has 0 atom stereocenters. The monoisotopic (exact) mass is 410 g/mol. The Morgan fingerprint density at radius 1 is 1.00 bits per heavy atom. The van der Waals surface area contributed by atoms with Gasteiger partial charge in [-0.15, -0.1) is 0 Å². The molecule has 3 aromatic rings. The van der Waals surface area contributed by atoms with E-state index in [1.807, 2.05) is 24.3 Å². The fourth-order valence-corrected chi connectivity index (χ4v) is 3.89. The van der Waals surface area contributed by atoms with Crippen molar-refractivity contribution in [2.24, 2.45) is 5.92 Å². The molecule has 0 aliphatic carbocycles. The van der Waals surface area contributed by atoms with Gasteiger partial charge in [-0.05, 0) is 68.1 Å². The molecule has 0 unspecified atom stereocenters. The van der Waals surface area contributed by atoms with Gasteiger partial charge in [0.1, 0.15) is 6.26 Å². The third-order valence-corrected chi connectivity index (χ3v) is 5.63. The van der Waals surface area contributed by atoms with Crippen molar-refractivity contribution in [3.8, 4) is 11.5 Å². The molecule has 0 saturated carbocycles. The molecule has 0 bridgehead atoms. The van der Waals surface area contributed by atoms with E-state index in [4.69, 9.17) is 4.42 Å². The Morgan fingerprint density at radius 2 is 1.73 bits per heavy atom. The Bertz CT molecular complexity index is 821. The lowest BCUT2D eigenvalue weighted by atomic mass is 9.90. The zero-order chi connectivity index (χ0) is 17.8. The molecule has 4 rings (SSSR count). The summed E-state index contributed by atoms with van der Waals surface area (Å²) in [7, 11) is 0. The first-order valence-electron chi connectivity index (χ1n) is 9.23. The summed E-state index contributed by atoms with van der Waals surface area (Å²) in [5, 5.41) is 0. The maximum atomic E-state index is 5.68. The van der Waals surface area contributed by atoms with Crippen molar-refractivity contribution in [1.82, 2.24) is 9.88 Å². The van der Waals surface area contributed by atoms with E-state index >= 15 is 0 Å². The number of hydrogen-bond acceptors (Lipinski definition) is 3. The molecular weight excluding hydrogens is 388 g/mol. The Kier molecular flexibility index (Phi) is 5.51. The summed E-state index contributed by atoms with van der Waals surface area (Å²) < 4.78 is 6.74. The van der Waals surface area contributed by atoms with Gasteiger partial charge in [-0.1, -0.05) is 46.3 Å². The summed E-state index contributed by atoms with van der Waals surface area (Å²) >= 11 is 3.46. The molecule has 1 saturated heterocycles. The number of halogens is 1. The molecule has 0 radical (unpaired) electrons. The van der Waals surface area contributed by atoms with Crippen LogP contribution < -0.4 is 0 Å². The highest BCUT2D eigenvalue weighted by Crippen LogP contribution is 2.24. The topological polar surface area (TPSA) is 29.3 Å². The second-order valence-corrected chi connectivity index (χ2v) is 7.98. The summed E-state index contributed by atoms with van der Waals surface area (Å²) in [6.45, 7) is 3.15. The minimum atomic E-state index is 0.700. The SMILES string of the molecule is Brc1ccc(-c2nc(CN3CCC(Cc4ccccc4)CC3)co2)cc1. The second-order valence-electron chi connectivity index (χ2n) is 7.06. The molecule has 2 heterocycles. The first-order chi connectivity index (χ1) is 12.8. The van der Waals surface area contributed by atoms with Gasteiger partial charge in [-0.25, -0.2) is 4.98 Å². The molecule has 1 aliphatic heterocycles. The number of piperidine rings is 1. The lowest BCUT2D eigenvalue weighted by Gasteiger charge is -2.31. The molecule has 0 spiro atoms. The van der Waals surface area contributed by atoms with E-state index in [1.54, 1.807) is 6.26 Å². The van der Waals surface area contributed by atoms with E-state index in [2.05, 4.69) is 56.1 Å². The van der Waals surface area contributed by atoms with Gasteiger partial charge in [0.2, 0.25) is 5.89 Å². The lowest BCUT2D eigenvalue weighted by molar-refractivity contribution is 0.175. The molecule has 0 N–H and O–H groups in total. The number of oxazole rings is 1. The first kappa shape index (κ1) is 17.5. The normalized spacial score (nSPS) is 16.0. The van der Waals surface area contributed by atoms with Crippen LogP contribution in [-0.4, -0.2) is 23.0 Å². The van der Waals surface area contributed by atoms with E-state index in [1.165, 1.54) is 24.8 Å². The Balaban J connectivity index is 1.30. The van der Waals surface area contributed by atoms with E-state index in [9.17, 15) is 0 Å². The van der Waals surface area contributed by atoms with Crippen molar-refractivity contribution in [2.75, 3.05) is 13.1 Å². The van der Waals surface area contributed by atoms with Crippen LogP contribution >= 0.6 is 15.9 Å². The number of hydrogen-bond donors (Lipinski definition) is 0. The number of nitrogens with zero attached hydrogens (tertiary/aromatic N) is 2. The molecule has 1 aromatic heterocycles. The summed E-state index contributed by atoms with van der Waals surface area (Å²) in [6.07, 6.45) is 5.51. The van der Waals surface area contributed by atoms with Crippen molar-refractivity contribution < 1.29 is 4.42 Å². The summed E-state index contributed by atoms with van der Waals surface area (Å²) in [6, 6.07) is 18.9. The highest BCUT2D eigenvalue weighted by atomic mass is 79.9. The van der Waals surface area contributed by atoms with Crippen molar-refractivity contribution in [3.63, 3.8) is 0 Å². The van der Waals surface area contributed by atoms with Crippen LogP contribution in [0, 0.1) is 5.92 Å². The Morgan fingerprint density at radius 3 is 2.46 bits per heavy atom. The van der Waals surface area contributed by atoms with Gasteiger partial charge in [-0.2, -0.15) is 0 Å². The quantitative estimate of drug-likeness (QED) is 0.551. The van der Waals surface area contributed by atoms with Crippen LogP contribution in [0.5, 0.6) is 0 Å². The summed E-state index contributed by atoms with van der Waals surface area (Å²) in [5.41, 5.74) is 3.49. The molecule has 1 aliphatic rings. The molecule has 1 fully saturated rings. The minimum absolute atomic E-state index is 0.700. The predicted octanol–water partition coefficient (Wildman–Crippen LogP) is 5.56. The third kappa shape index (κ3) is 4.43. The van der Waals surface area contributed by atoms with Crippen LogP contribution in [0.1, 0.15) is 24.1 Å². The second kappa shape index (κ2) is 8.19.